The van der Waals surface area contributed by atoms with Crippen LogP contribution in [0, 0.1) is 0 Å². The smallest absolute Gasteiger partial charge is 0.268 e. The highest BCUT2D eigenvalue weighted by Crippen LogP contribution is 2.32. The number of amides is 1. The van der Waals surface area contributed by atoms with Crippen LogP contribution in [0.4, 0.5) is 0 Å². The number of thiol groups is 1. The monoisotopic (exact) mass is 292 g/mol. The van der Waals surface area contributed by atoms with Crippen LogP contribution < -0.4 is 10.6 Å². The van der Waals surface area contributed by atoms with E-state index in [1.54, 1.807) is 7.05 Å². The summed E-state index contributed by atoms with van der Waals surface area (Å²) in [6, 6.07) is 10.0. The molecular weight excluding hydrogens is 272 g/mol. The fraction of sp³-hybridized carbons (Fsp3) is 0.400. The van der Waals surface area contributed by atoms with Crippen molar-refractivity contribution < 1.29 is 9.53 Å². The third kappa shape index (κ3) is 3.55. The molecule has 0 saturated carbocycles. The zero-order valence-electron chi connectivity index (χ0n) is 11.7. The van der Waals surface area contributed by atoms with Gasteiger partial charge in [-0.3, -0.25) is 4.79 Å². The summed E-state index contributed by atoms with van der Waals surface area (Å²) in [6.07, 6.45) is 0.743. The van der Waals surface area contributed by atoms with E-state index in [4.69, 9.17) is 4.74 Å². The summed E-state index contributed by atoms with van der Waals surface area (Å²) in [4.78, 5) is 12.1. The van der Waals surface area contributed by atoms with Crippen LogP contribution in [0.25, 0.3) is 0 Å². The van der Waals surface area contributed by atoms with Crippen molar-refractivity contribution in [2.75, 3.05) is 13.7 Å². The van der Waals surface area contributed by atoms with Gasteiger partial charge in [-0.25, -0.2) is 0 Å². The Morgan fingerprint density at radius 2 is 2.15 bits per heavy atom. The van der Waals surface area contributed by atoms with E-state index in [1.165, 1.54) is 11.0 Å². The molecule has 0 spiro atoms. The predicted octanol–water partition coefficient (Wildman–Crippen LogP) is 1.49. The van der Waals surface area contributed by atoms with E-state index in [1.807, 2.05) is 25.1 Å². The van der Waals surface area contributed by atoms with E-state index in [2.05, 4.69) is 35.4 Å². The van der Waals surface area contributed by atoms with Gasteiger partial charge in [0.15, 0.2) is 0 Å². The minimum atomic E-state index is -0.277. The van der Waals surface area contributed by atoms with Crippen molar-refractivity contribution in [2.24, 2.45) is 0 Å². The summed E-state index contributed by atoms with van der Waals surface area (Å²) in [7, 11) is 1.70. The number of carbonyl (C=O) groups is 1. The summed E-state index contributed by atoms with van der Waals surface area (Å²) in [5, 5.41) is 7.31. The second kappa shape index (κ2) is 6.33. The van der Waals surface area contributed by atoms with Gasteiger partial charge in [-0.1, -0.05) is 30.3 Å². The number of hydrogen-bond donors (Lipinski definition) is 3. The molecule has 1 aliphatic heterocycles. The quantitative estimate of drug-likeness (QED) is 0.423. The first-order valence-electron chi connectivity index (χ1n) is 6.60. The molecule has 2 rings (SSSR count). The molecule has 20 heavy (non-hydrogen) atoms. The third-order valence-electron chi connectivity index (χ3n) is 3.57. The Morgan fingerprint density at radius 1 is 1.50 bits per heavy atom. The largest absolute Gasteiger partial charge is 0.383 e. The van der Waals surface area contributed by atoms with Gasteiger partial charge in [0.1, 0.15) is 11.3 Å². The molecule has 0 aromatic heterocycles. The van der Waals surface area contributed by atoms with Crippen LogP contribution in [-0.2, 0) is 16.0 Å². The molecule has 1 aliphatic rings. The maximum absolute atomic E-state index is 12.1. The molecule has 2 atom stereocenters. The molecule has 0 radical (unpaired) electrons. The Morgan fingerprint density at radius 3 is 2.65 bits per heavy atom. The summed E-state index contributed by atoms with van der Waals surface area (Å²) >= 11 is 4.03. The van der Waals surface area contributed by atoms with Crippen LogP contribution in [-0.4, -0.2) is 31.2 Å². The lowest BCUT2D eigenvalue weighted by Crippen LogP contribution is -2.47. The fourth-order valence-corrected chi connectivity index (χ4v) is 2.30. The van der Waals surface area contributed by atoms with Gasteiger partial charge in [0.25, 0.3) is 5.91 Å². The highest BCUT2D eigenvalue weighted by Gasteiger charge is 2.47. The number of hydrogen-bond acceptors (Lipinski definition) is 4. The molecule has 0 bridgehead atoms. The number of carbonyl (C=O) groups excluding carboxylic acids is 1. The first-order chi connectivity index (χ1) is 9.59. The number of epoxide rings is 1. The van der Waals surface area contributed by atoms with Crippen LogP contribution >= 0.6 is 12.6 Å². The van der Waals surface area contributed by atoms with Crippen molar-refractivity contribution >= 4 is 18.5 Å². The van der Waals surface area contributed by atoms with Crippen molar-refractivity contribution in [1.29, 1.82) is 0 Å². The molecule has 1 heterocycles. The maximum Gasteiger partial charge on any atom is 0.268 e. The summed E-state index contributed by atoms with van der Waals surface area (Å²) in [5.74, 6) is -0.167. The highest BCUT2D eigenvalue weighted by atomic mass is 32.1. The topological polar surface area (TPSA) is 53.7 Å². The molecule has 0 aliphatic carbocycles. The number of nitrogens with one attached hydrogen (secondary N) is 2. The van der Waals surface area contributed by atoms with Crippen LogP contribution in [0.15, 0.2) is 41.4 Å². The predicted molar refractivity (Wildman–Crippen MR) is 82.6 cm³/mol. The zero-order valence-corrected chi connectivity index (χ0v) is 12.6. The molecule has 5 heteroatoms. The average Bonchev–Trinajstić information content (AvgIpc) is 3.20. The second-order valence-corrected chi connectivity index (χ2v) is 5.37. The molecule has 108 valence electrons. The Kier molecular flexibility index (Phi) is 4.73. The van der Waals surface area contributed by atoms with Crippen LogP contribution in [0.5, 0.6) is 0 Å². The second-order valence-electron chi connectivity index (χ2n) is 5.11. The van der Waals surface area contributed by atoms with E-state index in [0.29, 0.717) is 12.3 Å². The van der Waals surface area contributed by atoms with Crippen molar-refractivity contribution in [3.63, 3.8) is 0 Å². The standard InChI is InChI=1S/C15H20N2O2S/c1-15(10-19-15)13(8-11-6-4-3-5-7-11)17-14(18)12(9-20)16-2/h3-7,9,13,16,20H,8,10H2,1-2H3,(H,17,18)/b12-9-/t13-,15?/m0/s1. The fourth-order valence-electron chi connectivity index (χ4n) is 2.06. The number of benzene rings is 1. The van der Waals surface area contributed by atoms with Crippen molar-refractivity contribution in [2.45, 2.75) is 25.0 Å². The Labute approximate surface area is 125 Å². The third-order valence-corrected chi connectivity index (χ3v) is 3.83. The molecule has 1 saturated heterocycles. The van der Waals surface area contributed by atoms with Gasteiger partial charge in [0.05, 0.1) is 12.6 Å². The SMILES string of the molecule is CN/C(=C\S)C(=O)N[C@@H](Cc1ccccc1)C1(C)CO1. The Bertz CT molecular complexity index is 498. The first-order valence-corrected chi connectivity index (χ1v) is 7.11. The van der Waals surface area contributed by atoms with Gasteiger partial charge < -0.3 is 15.4 Å². The van der Waals surface area contributed by atoms with E-state index in [-0.39, 0.29) is 17.6 Å². The average molecular weight is 292 g/mol. The van der Waals surface area contributed by atoms with Crippen molar-refractivity contribution in [1.82, 2.24) is 10.6 Å². The number of ether oxygens (including phenoxy) is 1. The lowest BCUT2D eigenvalue weighted by atomic mass is 9.95. The summed E-state index contributed by atoms with van der Waals surface area (Å²) in [5.41, 5.74) is 1.34. The lowest BCUT2D eigenvalue weighted by molar-refractivity contribution is -0.118. The van der Waals surface area contributed by atoms with E-state index in [0.717, 1.165) is 6.42 Å². The molecule has 1 aromatic carbocycles. The molecule has 2 N–H and O–H groups in total. The van der Waals surface area contributed by atoms with Gasteiger partial charge in [-0.15, -0.1) is 12.6 Å². The summed E-state index contributed by atoms with van der Waals surface area (Å²) in [6.45, 7) is 2.69. The first kappa shape index (κ1) is 14.9. The van der Waals surface area contributed by atoms with Gasteiger partial charge in [-0.05, 0) is 24.3 Å². The summed E-state index contributed by atoms with van der Waals surface area (Å²) < 4.78 is 5.50. The minimum absolute atomic E-state index is 0.0611. The van der Waals surface area contributed by atoms with Gasteiger partial charge in [0, 0.05) is 7.05 Å². The Hall–Kier alpha value is -1.46. The minimum Gasteiger partial charge on any atom is -0.383 e. The van der Waals surface area contributed by atoms with Crippen molar-refractivity contribution in [3.8, 4) is 0 Å². The van der Waals surface area contributed by atoms with Crippen LogP contribution in [0.2, 0.25) is 0 Å². The Balaban J connectivity index is 2.08. The number of likely N-dealkylation sites (N-methyl/N-ethyl adjacent to an activating group) is 1. The van der Waals surface area contributed by atoms with E-state index in [9.17, 15) is 4.79 Å². The molecule has 1 amide bonds. The van der Waals surface area contributed by atoms with Crippen LogP contribution in [0.3, 0.4) is 0 Å². The normalized spacial score (nSPS) is 23.1. The van der Waals surface area contributed by atoms with Gasteiger partial charge in [0.2, 0.25) is 0 Å². The van der Waals surface area contributed by atoms with Crippen molar-refractivity contribution in [3.05, 3.63) is 47.0 Å². The lowest BCUT2D eigenvalue weighted by Gasteiger charge is -2.23. The maximum atomic E-state index is 12.1. The highest BCUT2D eigenvalue weighted by molar-refractivity contribution is 7.83. The molecule has 1 unspecified atom stereocenters. The molecule has 1 aromatic rings. The van der Waals surface area contributed by atoms with Gasteiger partial charge in [-0.2, -0.15) is 0 Å². The zero-order chi connectivity index (χ0) is 14.6. The van der Waals surface area contributed by atoms with Crippen LogP contribution in [0.1, 0.15) is 12.5 Å². The number of rotatable bonds is 6. The molecule has 4 nitrogen and oxygen atoms in total. The molecule has 1 fully saturated rings. The van der Waals surface area contributed by atoms with E-state index < -0.39 is 0 Å². The molecular formula is C15H20N2O2S. The van der Waals surface area contributed by atoms with E-state index >= 15 is 0 Å². The van der Waals surface area contributed by atoms with Gasteiger partial charge >= 0.3 is 0 Å².